The van der Waals surface area contributed by atoms with E-state index in [2.05, 4.69) is 34.5 Å². The van der Waals surface area contributed by atoms with Gasteiger partial charge in [-0.2, -0.15) is 0 Å². The number of hydrogen-bond donors (Lipinski definition) is 2. The van der Waals surface area contributed by atoms with E-state index in [1.807, 2.05) is 6.07 Å². The SMILES string of the molecule is O=C(CN1CCCC1CCCO)NCC1(c2ccccc2)CC1. The van der Waals surface area contributed by atoms with Crippen molar-refractivity contribution in [2.45, 2.75) is 50.0 Å². The van der Waals surface area contributed by atoms with E-state index >= 15 is 0 Å². The highest BCUT2D eigenvalue weighted by atomic mass is 16.3. The van der Waals surface area contributed by atoms with E-state index in [1.54, 1.807) is 0 Å². The predicted octanol–water partition coefficient (Wildman–Crippen LogP) is 2.07. The van der Waals surface area contributed by atoms with Crippen LogP contribution < -0.4 is 5.32 Å². The fraction of sp³-hybridized carbons (Fsp3) is 0.632. The molecule has 3 rings (SSSR count). The monoisotopic (exact) mass is 316 g/mol. The van der Waals surface area contributed by atoms with Crippen LogP contribution in [0.2, 0.25) is 0 Å². The van der Waals surface area contributed by atoms with Crippen molar-refractivity contribution in [1.82, 2.24) is 10.2 Å². The summed E-state index contributed by atoms with van der Waals surface area (Å²) < 4.78 is 0. The summed E-state index contributed by atoms with van der Waals surface area (Å²) in [5.74, 6) is 0.142. The molecule has 0 aromatic heterocycles. The third-order valence-corrected chi connectivity index (χ3v) is 5.40. The van der Waals surface area contributed by atoms with Gasteiger partial charge < -0.3 is 10.4 Å². The summed E-state index contributed by atoms with van der Waals surface area (Å²) in [6.07, 6.45) is 6.48. The van der Waals surface area contributed by atoms with Crippen LogP contribution in [0.3, 0.4) is 0 Å². The lowest BCUT2D eigenvalue weighted by Crippen LogP contribution is -2.42. The number of nitrogens with zero attached hydrogens (tertiary/aromatic N) is 1. The normalized spacial score (nSPS) is 22.9. The molecule has 1 heterocycles. The summed E-state index contributed by atoms with van der Waals surface area (Å²) in [4.78, 5) is 14.6. The number of amides is 1. The Balaban J connectivity index is 1.47. The number of rotatable bonds is 8. The molecule has 1 saturated heterocycles. The zero-order valence-electron chi connectivity index (χ0n) is 13.8. The summed E-state index contributed by atoms with van der Waals surface area (Å²) in [7, 11) is 0. The summed E-state index contributed by atoms with van der Waals surface area (Å²) in [6.45, 7) is 2.51. The molecule has 2 aliphatic rings. The standard InChI is InChI=1S/C19H28N2O2/c22-13-5-9-17-8-4-12-21(17)14-18(23)20-15-19(10-11-19)16-6-2-1-3-7-16/h1-3,6-7,17,22H,4-5,8-15H2,(H,20,23). The van der Waals surface area contributed by atoms with E-state index in [4.69, 9.17) is 5.11 Å². The fourth-order valence-corrected chi connectivity index (χ4v) is 3.78. The van der Waals surface area contributed by atoms with Gasteiger partial charge in [-0.05, 0) is 50.6 Å². The van der Waals surface area contributed by atoms with Crippen LogP contribution in [0.4, 0.5) is 0 Å². The quantitative estimate of drug-likeness (QED) is 0.772. The van der Waals surface area contributed by atoms with Gasteiger partial charge in [-0.15, -0.1) is 0 Å². The molecule has 126 valence electrons. The van der Waals surface area contributed by atoms with Crippen LogP contribution >= 0.6 is 0 Å². The van der Waals surface area contributed by atoms with Crippen LogP contribution in [0.1, 0.15) is 44.1 Å². The first-order valence-electron chi connectivity index (χ1n) is 8.91. The predicted molar refractivity (Wildman–Crippen MR) is 91.3 cm³/mol. The van der Waals surface area contributed by atoms with Gasteiger partial charge in [-0.1, -0.05) is 30.3 Å². The van der Waals surface area contributed by atoms with Crippen LogP contribution in [0.25, 0.3) is 0 Å². The summed E-state index contributed by atoms with van der Waals surface area (Å²) in [5.41, 5.74) is 1.53. The lowest BCUT2D eigenvalue weighted by atomic mass is 9.96. The first-order valence-corrected chi connectivity index (χ1v) is 8.91. The van der Waals surface area contributed by atoms with Gasteiger partial charge >= 0.3 is 0 Å². The molecular weight excluding hydrogens is 288 g/mol. The molecule has 2 fully saturated rings. The van der Waals surface area contributed by atoms with Crippen LogP contribution in [-0.4, -0.2) is 48.2 Å². The molecule has 0 spiro atoms. The Morgan fingerprint density at radius 1 is 1.30 bits per heavy atom. The molecule has 1 aromatic carbocycles. The van der Waals surface area contributed by atoms with Gasteiger partial charge in [0, 0.05) is 24.6 Å². The Labute approximate surface area is 138 Å². The molecule has 1 unspecified atom stereocenters. The highest BCUT2D eigenvalue weighted by Gasteiger charge is 2.44. The number of aliphatic hydroxyl groups excluding tert-OH is 1. The van der Waals surface area contributed by atoms with Crippen LogP contribution in [0.5, 0.6) is 0 Å². The summed E-state index contributed by atoms with van der Waals surface area (Å²) >= 11 is 0. The number of hydrogen-bond acceptors (Lipinski definition) is 3. The number of carbonyl (C=O) groups is 1. The maximum absolute atomic E-state index is 12.3. The second-order valence-corrected chi connectivity index (χ2v) is 7.06. The average Bonchev–Trinajstić information content (AvgIpc) is 3.26. The smallest absolute Gasteiger partial charge is 0.234 e. The minimum Gasteiger partial charge on any atom is -0.396 e. The zero-order valence-corrected chi connectivity index (χ0v) is 13.8. The lowest BCUT2D eigenvalue weighted by Gasteiger charge is -2.24. The van der Waals surface area contributed by atoms with Gasteiger partial charge in [0.25, 0.3) is 0 Å². The van der Waals surface area contributed by atoms with Gasteiger partial charge in [-0.25, -0.2) is 0 Å². The largest absolute Gasteiger partial charge is 0.396 e. The number of nitrogens with one attached hydrogen (secondary N) is 1. The third-order valence-electron chi connectivity index (χ3n) is 5.40. The Hall–Kier alpha value is -1.39. The number of carbonyl (C=O) groups excluding carboxylic acids is 1. The van der Waals surface area contributed by atoms with Gasteiger partial charge in [0.1, 0.15) is 0 Å². The van der Waals surface area contributed by atoms with E-state index in [0.717, 1.165) is 38.8 Å². The highest BCUT2D eigenvalue weighted by molar-refractivity contribution is 5.78. The Bertz CT molecular complexity index is 513. The molecule has 1 aliphatic heterocycles. The third kappa shape index (κ3) is 4.12. The molecule has 0 bridgehead atoms. The minimum atomic E-state index is 0.142. The number of aliphatic hydroxyl groups is 1. The molecule has 1 amide bonds. The molecular formula is C19H28N2O2. The zero-order chi connectivity index (χ0) is 16.1. The first kappa shape index (κ1) is 16.5. The van der Waals surface area contributed by atoms with Crippen molar-refractivity contribution in [2.75, 3.05) is 26.2 Å². The molecule has 4 heteroatoms. The van der Waals surface area contributed by atoms with Crippen LogP contribution in [0.15, 0.2) is 30.3 Å². The molecule has 2 N–H and O–H groups in total. The molecule has 1 atom stereocenters. The van der Waals surface area contributed by atoms with Crippen molar-refractivity contribution in [3.8, 4) is 0 Å². The highest BCUT2D eigenvalue weighted by Crippen LogP contribution is 2.47. The maximum atomic E-state index is 12.3. The number of likely N-dealkylation sites (tertiary alicyclic amines) is 1. The van der Waals surface area contributed by atoms with E-state index in [1.165, 1.54) is 18.4 Å². The summed E-state index contributed by atoms with van der Waals surface area (Å²) in [6, 6.07) is 11.0. The van der Waals surface area contributed by atoms with Gasteiger partial charge in [-0.3, -0.25) is 9.69 Å². The molecule has 0 radical (unpaired) electrons. The number of benzene rings is 1. The van der Waals surface area contributed by atoms with Crippen LogP contribution in [-0.2, 0) is 10.2 Å². The fourth-order valence-electron chi connectivity index (χ4n) is 3.78. The van der Waals surface area contributed by atoms with Gasteiger partial charge in [0.05, 0.1) is 6.54 Å². The Kier molecular flexibility index (Phi) is 5.34. The second kappa shape index (κ2) is 7.45. The van der Waals surface area contributed by atoms with Gasteiger partial charge in [0.2, 0.25) is 5.91 Å². The second-order valence-electron chi connectivity index (χ2n) is 7.06. The minimum absolute atomic E-state index is 0.142. The van der Waals surface area contributed by atoms with Gasteiger partial charge in [0.15, 0.2) is 0 Å². The first-order chi connectivity index (χ1) is 11.2. The van der Waals surface area contributed by atoms with Crippen molar-refractivity contribution in [1.29, 1.82) is 0 Å². The van der Waals surface area contributed by atoms with Crippen molar-refractivity contribution in [3.63, 3.8) is 0 Å². The van der Waals surface area contributed by atoms with E-state index in [0.29, 0.717) is 12.6 Å². The van der Waals surface area contributed by atoms with E-state index < -0.39 is 0 Å². The van der Waals surface area contributed by atoms with Crippen molar-refractivity contribution >= 4 is 5.91 Å². The molecule has 1 aliphatic carbocycles. The molecule has 4 nitrogen and oxygen atoms in total. The van der Waals surface area contributed by atoms with Crippen molar-refractivity contribution in [3.05, 3.63) is 35.9 Å². The topological polar surface area (TPSA) is 52.6 Å². The molecule has 23 heavy (non-hydrogen) atoms. The molecule has 1 aromatic rings. The van der Waals surface area contributed by atoms with Crippen molar-refractivity contribution < 1.29 is 9.90 Å². The Morgan fingerprint density at radius 3 is 2.78 bits per heavy atom. The average molecular weight is 316 g/mol. The van der Waals surface area contributed by atoms with E-state index in [-0.39, 0.29) is 17.9 Å². The Morgan fingerprint density at radius 2 is 2.09 bits per heavy atom. The maximum Gasteiger partial charge on any atom is 0.234 e. The summed E-state index contributed by atoms with van der Waals surface area (Å²) in [5, 5.41) is 12.1. The van der Waals surface area contributed by atoms with Crippen LogP contribution in [0, 0.1) is 0 Å². The van der Waals surface area contributed by atoms with E-state index in [9.17, 15) is 4.79 Å². The van der Waals surface area contributed by atoms with Crippen molar-refractivity contribution in [2.24, 2.45) is 0 Å². The lowest BCUT2D eigenvalue weighted by molar-refractivity contribution is -0.122. The molecule has 1 saturated carbocycles.